The predicted octanol–water partition coefficient (Wildman–Crippen LogP) is 2.12. The highest BCUT2D eigenvalue weighted by Gasteiger charge is 2.39. The second-order valence-corrected chi connectivity index (χ2v) is 8.57. The molecule has 0 saturated carbocycles. The third kappa shape index (κ3) is 2.71. The number of fused-ring (bicyclic) bond motifs is 2. The number of hydrogen-bond donors (Lipinski definition) is 2. The van der Waals surface area contributed by atoms with Crippen molar-refractivity contribution in [3.63, 3.8) is 0 Å². The Kier molecular flexibility index (Phi) is 3.71. The molecule has 0 radical (unpaired) electrons. The van der Waals surface area contributed by atoms with E-state index in [1.807, 2.05) is 0 Å². The summed E-state index contributed by atoms with van der Waals surface area (Å²) in [7, 11) is -3.72. The first-order valence-electron chi connectivity index (χ1n) is 8.11. The van der Waals surface area contributed by atoms with Crippen LogP contribution in [-0.2, 0) is 26.8 Å². The van der Waals surface area contributed by atoms with E-state index in [-0.39, 0.29) is 24.1 Å². The van der Waals surface area contributed by atoms with Crippen LogP contribution < -0.4 is 19.5 Å². The third-order valence-electron chi connectivity index (χ3n) is 4.69. The standard InChI is InChI=1S/C18H18N2O5S/c1-18(2)13-8-12(4-5-14(13)20-17(18)21)26(22,23)19-9-11-3-6-15-16(7-11)25-10-24-15/h3-8,19H,9-10H2,1-2H3,(H,20,21). The summed E-state index contributed by atoms with van der Waals surface area (Å²) in [5, 5.41) is 2.77. The minimum Gasteiger partial charge on any atom is -0.454 e. The monoisotopic (exact) mass is 374 g/mol. The number of carbonyl (C=O) groups excluding carboxylic acids is 1. The lowest BCUT2D eigenvalue weighted by molar-refractivity contribution is -0.119. The van der Waals surface area contributed by atoms with Crippen molar-refractivity contribution in [2.24, 2.45) is 0 Å². The largest absolute Gasteiger partial charge is 0.454 e. The number of carbonyl (C=O) groups is 1. The summed E-state index contributed by atoms with van der Waals surface area (Å²) in [4.78, 5) is 12.1. The SMILES string of the molecule is CC1(C)C(=O)Nc2ccc(S(=O)(=O)NCc3ccc4c(c3)OCO4)cc21. The van der Waals surface area contributed by atoms with Gasteiger partial charge in [0, 0.05) is 12.2 Å². The first-order valence-corrected chi connectivity index (χ1v) is 9.60. The van der Waals surface area contributed by atoms with Crippen molar-refractivity contribution in [3.05, 3.63) is 47.5 Å². The van der Waals surface area contributed by atoms with Crippen LogP contribution in [0.2, 0.25) is 0 Å². The van der Waals surface area contributed by atoms with Crippen molar-refractivity contribution < 1.29 is 22.7 Å². The molecule has 8 heteroatoms. The molecule has 1 amide bonds. The van der Waals surface area contributed by atoms with Crippen LogP contribution in [0.25, 0.3) is 0 Å². The van der Waals surface area contributed by atoms with E-state index in [0.717, 1.165) is 5.56 Å². The van der Waals surface area contributed by atoms with Gasteiger partial charge in [-0.2, -0.15) is 0 Å². The Balaban J connectivity index is 1.56. The lowest BCUT2D eigenvalue weighted by Gasteiger charge is -2.16. The normalized spacial score (nSPS) is 17.1. The van der Waals surface area contributed by atoms with Gasteiger partial charge in [0.25, 0.3) is 0 Å². The Hall–Kier alpha value is -2.58. The molecule has 2 aromatic rings. The number of sulfonamides is 1. The van der Waals surface area contributed by atoms with Gasteiger partial charge in [-0.05, 0) is 55.3 Å². The number of anilines is 1. The van der Waals surface area contributed by atoms with Crippen molar-refractivity contribution in [3.8, 4) is 11.5 Å². The van der Waals surface area contributed by atoms with Gasteiger partial charge in [0.15, 0.2) is 11.5 Å². The fourth-order valence-corrected chi connectivity index (χ4v) is 4.07. The maximum Gasteiger partial charge on any atom is 0.240 e. The highest BCUT2D eigenvalue weighted by molar-refractivity contribution is 7.89. The van der Waals surface area contributed by atoms with E-state index in [4.69, 9.17) is 9.47 Å². The summed E-state index contributed by atoms with van der Waals surface area (Å²) in [6.07, 6.45) is 0. The van der Waals surface area contributed by atoms with Crippen molar-refractivity contribution in [1.29, 1.82) is 0 Å². The molecule has 136 valence electrons. The zero-order chi connectivity index (χ0) is 18.5. The molecule has 0 unspecified atom stereocenters. The number of ether oxygens (including phenoxy) is 2. The van der Waals surface area contributed by atoms with Gasteiger partial charge >= 0.3 is 0 Å². The molecular weight excluding hydrogens is 356 g/mol. The van der Waals surface area contributed by atoms with Gasteiger partial charge in [0.05, 0.1) is 10.3 Å². The Labute approximate surface area is 151 Å². The summed E-state index contributed by atoms with van der Waals surface area (Å²) < 4.78 is 38.4. The Morgan fingerprint density at radius 1 is 1.12 bits per heavy atom. The molecule has 0 bridgehead atoms. The van der Waals surface area contributed by atoms with E-state index in [1.165, 1.54) is 6.07 Å². The van der Waals surface area contributed by atoms with Gasteiger partial charge in [-0.3, -0.25) is 4.79 Å². The van der Waals surface area contributed by atoms with Crippen molar-refractivity contribution in [2.75, 3.05) is 12.1 Å². The fourth-order valence-electron chi connectivity index (χ4n) is 3.03. The smallest absolute Gasteiger partial charge is 0.240 e. The van der Waals surface area contributed by atoms with Crippen LogP contribution in [0.5, 0.6) is 11.5 Å². The van der Waals surface area contributed by atoms with Crippen LogP contribution in [0.3, 0.4) is 0 Å². The topological polar surface area (TPSA) is 93.7 Å². The molecule has 2 aromatic carbocycles. The van der Waals surface area contributed by atoms with Crippen molar-refractivity contribution in [1.82, 2.24) is 4.72 Å². The molecular formula is C18H18N2O5S. The molecule has 7 nitrogen and oxygen atoms in total. The Bertz CT molecular complexity index is 1010. The number of benzene rings is 2. The lowest BCUT2D eigenvalue weighted by Crippen LogP contribution is -2.27. The Morgan fingerprint density at radius 3 is 2.69 bits per heavy atom. The molecule has 2 aliphatic rings. The molecule has 2 aliphatic heterocycles. The maximum atomic E-state index is 12.7. The van der Waals surface area contributed by atoms with Crippen LogP contribution in [0, 0.1) is 0 Å². The van der Waals surface area contributed by atoms with Gasteiger partial charge in [-0.25, -0.2) is 13.1 Å². The number of nitrogens with one attached hydrogen (secondary N) is 2. The lowest BCUT2D eigenvalue weighted by atomic mass is 9.86. The summed E-state index contributed by atoms with van der Waals surface area (Å²) in [6, 6.07) is 9.94. The third-order valence-corrected chi connectivity index (χ3v) is 6.09. The van der Waals surface area contributed by atoms with E-state index in [9.17, 15) is 13.2 Å². The van der Waals surface area contributed by atoms with Gasteiger partial charge in [0.1, 0.15) is 0 Å². The molecule has 0 spiro atoms. The highest BCUT2D eigenvalue weighted by Crippen LogP contribution is 2.38. The quantitative estimate of drug-likeness (QED) is 0.855. The zero-order valence-electron chi connectivity index (χ0n) is 14.3. The second kappa shape index (κ2) is 5.72. The summed E-state index contributed by atoms with van der Waals surface area (Å²) >= 11 is 0. The minimum atomic E-state index is -3.72. The van der Waals surface area contributed by atoms with Crippen LogP contribution in [0.1, 0.15) is 25.0 Å². The van der Waals surface area contributed by atoms with E-state index in [0.29, 0.717) is 22.7 Å². The number of rotatable bonds is 4. The van der Waals surface area contributed by atoms with Crippen molar-refractivity contribution in [2.45, 2.75) is 30.7 Å². The van der Waals surface area contributed by atoms with E-state index < -0.39 is 15.4 Å². The predicted molar refractivity (Wildman–Crippen MR) is 94.7 cm³/mol. The molecule has 4 rings (SSSR count). The first kappa shape index (κ1) is 16.9. The van der Waals surface area contributed by atoms with E-state index >= 15 is 0 Å². The first-order chi connectivity index (χ1) is 12.3. The van der Waals surface area contributed by atoms with E-state index in [2.05, 4.69) is 10.0 Å². The number of amides is 1. The molecule has 26 heavy (non-hydrogen) atoms. The van der Waals surface area contributed by atoms with Gasteiger partial charge < -0.3 is 14.8 Å². The molecule has 0 saturated heterocycles. The van der Waals surface area contributed by atoms with E-state index in [1.54, 1.807) is 44.2 Å². The maximum absolute atomic E-state index is 12.7. The molecule has 2 heterocycles. The molecule has 0 aliphatic carbocycles. The highest BCUT2D eigenvalue weighted by atomic mass is 32.2. The van der Waals surface area contributed by atoms with Crippen LogP contribution in [0.4, 0.5) is 5.69 Å². The molecule has 0 fully saturated rings. The van der Waals surface area contributed by atoms with Gasteiger partial charge in [0.2, 0.25) is 22.7 Å². The summed E-state index contributed by atoms with van der Waals surface area (Å²) in [6.45, 7) is 3.83. The van der Waals surface area contributed by atoms with Gasteiger partial charge in [-0.1, -0.05) is 6.07 Å². The summed E-state index contributed by atoms with van der Waals surface area (Å²) in [5.74, 6) is 1.11. The average Bonchev–Trinajstić information content (AvgIpc) is 3.15. The van der Waals surface area contributed by atoms with Gasteiger partial charge in [-0.15, -0.1) is 0 Å². The average molecular weight is 374 g/mol. The van der Waals surface area contributed by atoms with Crippen LogP contribution in [-0.4, -0.2) is 21.1 Å². The van der Waals surface area contributed by atoms with Crippen LogP contribution >= 0.6 is 0 Å². The zero-order valence-corrected chi connectivity index (χ0v) is 15.1. The van der Waals surface area contributed by atoms with Crippen LogP contribution in [0.15, 0.2) is 41.3 Å². The fraction of sp³-hybridized carbons (Fsp3) is 0.278. The number of hydrogen-bond acceptors (Lipinski definition) is 5. The second-order valence-electron chi connectivity index (χ2n) is 6.80. The molecule has 0 aromatic heterocycles. The molecule has 0 atom stereocenters. The summed E-state index contributed by atoms with van der Waals surface area (Å²) in [5.41, 5.74) is 1.32. The molecule has 2 N–H and O–H groups in total. The Morgan fingerprint density at radius 2 is 1.88 bits per heavy atom. The minimum absolute atomic E-state index is 0.122. The van der Waals surface area contributed by atoms with Crippen molar-refractivity contribution >= 4 is 21.6 Å².